The van der Waals surface area contributed by atoms with Crippen LogP contribution in [0.2, 0.25) is 0 Å². The van der Waals surface area contributed by atoms with Crippen LogP contribution in [0.5, 0.6) is 0 Å². The maximum atomic E-state index is 12.2. The molecule has 0 spiro atoms. The van der Waals surface area contributed by atoms with Crippen molar-refractivity contribution >= 4 is 23.4 Å². The van der Waals surface area contributed by atoms with Crippen LogP contribution in [-0.4, -0.2) is 24.0 Å². The quantitative estimate of drug-likeness (QED) is 0.583. The van der Waals surface area contributed by atoms with E-state index in [-0.39, 0.29) is 5.91 Å². The number of hydrazine groups is 1. The smallest absolute Gasteiger partial charge is 0.253 e. The third-order valence-corrected chi connectivity index (χ3v) is 4.52. The van der Waals surface area contributed by atoms with Gasteiger partial charge in [0.1, 0.15) is 0 Å². The lowest BCUT2D eigenvalue weighted by molar-refractivity contribution is 0.0947. The van der Waals surface area contributed by atoms with E-state index in [1.807, 2.05) is 36.9 Å². The average molecular weight is 279 g/mol. The molecule has 1 aromatic carbocycles. The Bertz CT molecular complexity index is 444. The molecule has 2 rings (SSSR count). The molecule has 1 aliphatic rings. The Kier molecular flexibility index (Phi) is 5.10. The van der Waals surface area contributed by atoms with Crippen LogP contribution in [0.3, 0.4) is 0 Å². The van der Waals surface area contributed by atoms with Crippen LogP contribution in [0.1, 0.15) is 28.8 Å². The SMILES string of the molecule is Cc1ccc(C(=O)NCC2CCSCC2)c(NN)c1. The van der Waals surface area contributed by atoms with E-state index < -0.39 is 0 Å². The second kappa shape index (κ2) is 6.82. The third-order valence-electron chi connectivity index (χ3n) is 3.47. The van der Waals surface area contributed by atoms with Gasteiger partial charge in [-0.15, -0.1) is 0 Å². The predicted octanol–water partition coefficient (Wildman–Crippen LogP) is 2.15. The molecule has 4 nitrogen and oxygen atoms in total. The number of thioether (sulfide) groups is 1. The number of hydrogen-bond acceptors (Lipinski definition) is 4. The predicted molar refractivity (Wildman–Crippen MR) is 81.4 cm³/mol. The van der Waals surface area contributed by atoms with Crippen molar-refractivity contribution in [3.63, 3.8) is 0 Å². The number of nitrogen functional groups attached to an aromatic ring is 1. The van der Waals surface area contributed by atoms with E-state index in [1.165, 1.54) is 24.3 Å². The summed E-state index contributed by atoms with van der Waals surface area (Å²) in [7, 11) is 0. The number of anilines is 1. The van der Waals surface area contributed by atoms with Crippen LogP contribution in [0.25, 0.3) is 0 Å². The molecule has 0 aliphatic carbocycles. The lowest BCUT2D eigenvalue weighted by Gasteiger charge is -2.21. The van der Waals surface area contributed by atoms with E-state index in [1.54, 1.807) is 0 Å². The maximum absolute atomic E-state index is 12.2. The minimum atomic E-state index is -0.0498. The first-order valence-corrected chi connectivity index (χ1v) is 7.79. The van der Waals surface area contributed by atoms with Crippen LogP contribution >= 0.6 is 11.8 Å². The van der Waals surface area contributed by atoms with Crippen molar-refractivity contribution in [3.8, 4) is 0 Å². The molecular formula is C14H21N3OS. The van der Waals surface area contributed by atoms with E-state index >= 15 is 0 Å². The molecule has 0 radical (unpaired) electrons. The Hall–Kier alpha value is -1.20. The summed E-state index contributed by atoms with van der Waals surface area (Å²) in [5, 5.41) is 3.02. The van der Waals surface area contributed by atoms with Gasteiger partial charge in [0.15, 0.2) is 0 Å². The number of amides is 1. The van der Waals surface area contributed by atoms with Crippen LogP contribution in [0.4, 0.5) is 5.69 Å². The molecule has 4 N–H and O–H groups in total. The van der Waals surface area contributed by atoms with Gasteiger partial charge in [-0.05, 0) is 54.9 Å². The first-order chi connectivity index (χ1) is 9.20. The monoisotopic (exact) mass is 279 g/mol. The van der Waals surface area contributed by atoms with Crippen molar-refractivity contribution < 1.29 is 4.79 Å². The normalized spacial score (nSPS) is 16.1. The molecule has 1 fully saturated rings. The van der Waals surface area contributed by atoms with E-state index in [9.17, 15) is 4.79 Å². The Morgan fingerprint density at radius 2 is 2.16 bits per heavy atom. The molecule has 0 unspecified atom stereocenters. The molecule has 19 heavy (non-hydrogen) atoms. The van der Waals surface area contributed by atoms with Gasteiger partial charge < -0.3 is 10.7 Å². The summed E-state index contributed by atoms with van der Waals surface area (Å²) in [4.78, 5) is 12.2. The molecule has 1 saturated heterocycles. The molecule has 1 aromatic rings. The standard InChI is InChI=1S/C14H21N3OS/c1-10-2-3-12(13(8-10)17-15)14(18)16-9-11-4-6-19-7-5-11/h2-3,8,11,17H,4-7,9,15H2,1H3,(H,16,18). The van der Waals surface area contributed by atoms with E-state index in [2.05, 4.69) is 10.7 Å². The number of nitrogens with one attached hydrogen (secondary N) is 2. The van der Waals surface area contributed by atoms with E-state index in [4.69, 9.17) is 5.84 Å². The van der Waals surface area contributed by atoms with Gasteiger partial charge in [0.25, 0.3) is 5.91 Å². The summed E-state index contributed by atoms with van der Waals surface area (Å²) in [5.74, 6) is 8.45. The highest BCUT2D eigenvalue weighted by atomic mass is 32.2. The molecule has 0 bridgehead atoms. The molecule has 0 aromatic heterocycles. The fourth-order valence-corrected chi connectivity index (χ4v) is 3.46. The van der Waals surface area contributed by atoms with Gasteiger partial charge in [-0.25, -0.2) is 0 Å². The highest BCUT2D eigenvalue weighted by Gasteiger charge is 2.16. The number of benzene rings is 1. The van der Waals surface area contributed by atoms with E-state index in [0.29, 0.717) is 17.2 Å². The maximum Gasteiger partial charge on any atom is 0.253 e. The Morgan fingerprint density at radius 3 is 2.84 bits per heavy atom. The summed E-state index contributed by atoms with van der Waals surface area (Å²) in [6.45, 7) is 2.74. The summed E-state index contributed by atoms with van der Waals surface area (Å²) >= 11 is 2.00. The zero-order chi connectivity index (χ0) is 13.7. The third kappa shape index (κ3) is 3.88. The fourth-order valence-electron chi connectivity index (χ4n) is 2.26. The van der Waals surface area contributed by atoms with Crippen molar-refractivity contribution in [2.24, 2.45) is 11.8 Å². The topological polar surface area (TPSA) is 67.2 Å². The first kappa shape index (κ1) is 14.2. The zero-order valence-corrected chi connectivity index (χ0v) is 12.1. The van der Waals surface area contributed by atoms with Crippen molar-refractivity contribution in [1.82, 2.24) is 5.32 Å². The van der Waals surface area contributed by atoms with Gasteiger partial charge in [0.2, 0.25) is 0 Å². The van der Waals surface area contributed by atoms with Crippen molar-refractivity contribution in [2.45, 2.75) is 19.8 Å². The molecular weight excluding hydrogens is 258 g/mol. The number of carbonyl (C=O) groups excluding carboxylic acids is 1. The molecule has 5 heteroatoms. The highest BCUT2D eigenvalue weighted by Crippen LogP contribution is 2.22. The van der Waals surface area contributed by atoms with Crippen LogP contribution in [-0.2, 0) is 0 Å². The number of carbonyl (C=O) groups is 1. The average Bonchev–Trinajstić information content (AvgIpc) is 2.45. The van der Waals surface area contributed by atoms with Gasteiger partial charge in [-0.2, -0.15) is 11.8 Å². The second-order valence-electron chi connectivity index (χ2n) is 4.96. The number of nitrogens with two attached hydrogens (primary N) is 1. The number of hydrogen-bond donors (Lipinski definition) is 3. The molecule has 1 aliphatic heterocycles. The Morgan fingerprint density at radius 1 is 1.42 bits per heavy atom. The van der Waals surface area contributed by atoms with Crippen molar-refractivity contribution in [2.75, 3.05) is 23.5 Å². The van der Waals surface area contributed by atoms with Gasteiger partial charge >= 0.3 is 0 Å². The zero-order valence-electron chi connectivity index (χ0n) is 11.2. The molecule has 0 atom stereocenters. The van der Waals surface area contributed by atoms with Crippen LogP contribution < -0.4 is 16.6 Å². The Labute approximate surface area is 118 Å². The number of aryl methyl sites for hydroxylation is 1. The summed E-state index contributed by atoms with van der Waals surface area (Å²) in [6, 6.07) is 5.62. The van der Waals surface area contributed by atoms with Crippen LogP contribution in [0, 0.1) is 12.8 Å². The van der Waals surface area contributed by atoms with Gasteiger partial charge in [-0.3, -0.25) is 10.6 Å². The summed E-state index contributed by atoms with van der Waals surface area (Å²) < 4.78 is 0. The van der Waals surface area contributed by atoms with Gasteiger partial charge in [0, 0.05) is 6.54 Å². The van der Waals surface area contributed by atoms with Crippen molar-refractivity contribution in [1.29, 1.82) is 0 Å². The lowest BCUT2D eigenvalue weighted by atomic mass is 10.0. The number of rotatable bonds is 4. The van der Waals surface area contributed by atoms with Crippen LogP contribution in [0.15, 0.2) is 18.2 Å². The minimum absolute atomic E-state index is 0.0498. The first-order valence-electron chi connectivity index (χ1n) is 6.64. The molecule has 104 valence electrons. The fraction of sp³-hybridized carbons (Fsp3) is 0.500. The summed E-state index contributed by atoms with van der Waals surface area (Å²) in [6.07, 6.45) is 2.39. The molecule has 0 saturated carbocycles. The van der Waals surface area contributed by atoms with Crippen molar-refractivity contribution in [3.05, 3.63) is 29.3 Å². The largest absolute Gasteiger partial charge is 0.352 e. The molecule has 1 amide bonds. The Balaban J connectivity index is 1.95. The second-order valence-corrected chi connectivity index (χ2v) is 6.18. The summed E-state index contributed by atoms with van der Waals surface area (Å²) in [5.41, 5.74) is 4.96. The lowest BCUT2D eigenvalue weighted by Crippen LogP contribution is -2.31. The minimum Gasteiger partial charge on any atom is -0.352 e. The van der Waals surface area contributed by atoms with Gasteiger partial charge in [-0.1, -0.05) is 6.07 Å². The van der Waals surface area contributed by atoms with E-state index in [0.717, 1.165) is 12.1 Å². The van der Waals surface area contributed by atoms with Gasteiger partial charge in [0.05, 0.1) is 11.3 Å². The molecule has 1 heterocycles. The highest BCUT2D eigenvalue weighted by molar-refractivity contribution is 7.99.